The third-order valence-corrected chi connectivity index (χ3v) is 4.27. The number of ether oxygens (including phenoxy) is 1. The first-order valence-corrected chi connectivity index (χ1v) is 8.94. The summed E-state index contributed by atoms with van der Waals surface area (Å²) in [7, 11) is 0. The molecule has 0 fully saturated rings. The molecule has 1 aromatic rings. The van der Waals surface area contributed by atoms with Crippen molar-refractivity contribution < 1.29 is 9.84 Å². The number of hydrogen-bond acceptors (Lipinski definition) is 2. The van der Waals surface area contributed by atoms with E-state index in [-0.39, 0.29) is 12.2 Å². The van der Waals surface area contributed by atoms with Gasteiger partial charge in [-0.25, -0.2) is 0 Å². The molecule has 0 saturated heterocycles. The van der Waals surface area contributed by atoms with Crippen LogP contribution in [-0.4, -0.2) is 18.3 Å². The van der Waals surface area contributed by atoms with Crippen molar-refractivity contribution in [2.75, 3.05) is 13.2 Å². The van der Waals surface area contributed by atoms with E-state index in [1.54, 1.807) is 0 Å². The summed E-state index contributed by atoms with van der Waals surface area (Å²) in [6, 6.07) is 8.76. The summed E-state index contributed by atoms with van der Waals surface area (Å²) in [6.07, 6.45) is 10.7. The predicted molar refractivity (Wildman–Crippen MR) is 94.2 cm³/mol. The Morgan fingerprint density at radius 3 is 2.09 bits per heavy atom. The van der Waals surface area contributed by atoms with Crippen LogP contribution in [0.1, 0.15) is 76.8 Å². The lowest BCUT2D eigenvalue weighted by atomic mass is 9.95. The van der Waals surface area contributed by atoms with Gasteiger partial charge in [0, 0.05) is 0 Å². The van der Waals surface area contributed by atoms with Gasteiger partial charge in [-0.3, -0.25) is 0 Å². The van der Waals surface area contributed by atoms with Crippen molar-refractivity contribution in [3.63, 3.8) is 0 Å². The molecule has 0 radical (unpaired) electrons. The van der Waals surface area contributed by atoms with Gasteiger partial charge in [-0.1, -0.05) is 69.7 Å². The minimum atomic E-state index is -0.333. The van der Waals surface area contributed by atoms with Gasteiger partial charge in [-0.15, -0.1) is 0 Å². The Morgan fingerprint density at radius 1 is 0.909 bits per heavy atom. The summed E-state index contributed by atoms with van der Waals surface area (Å²) in [5.74, 6) is 0. The van der Waals surface area contributed by atoms with E-state index in [0.717, 1.165) is 0 Å². The first-order chi connectivity index (χ1) is 10.6. The van der Waals surface area contributed by atoms with E-state index in [9.17, 15) is 0 Å². The van der Waals surface area contributed by atoms with E-state index >= 15 is 0 Å². The molecule has 1 N–H and O–H groups in total. The lowest BCUT2D eigenvalue weighted by molar-refractivity contribution is -0.0369. The molecular formula is C20H34O2. The van der Waals surface area contributed by atoms with Crippen LogP contribution in [0.5, 0.6) is 0 Å². The Balaban J connectivity index is 2.29. The highest BCUT2D eigenvalue weighted by Gasteiger charge is 2.20. The molecule has 22 heavy (non-hydrogen) atoms. The van der Waals surface area contributed by atoms with Gasteiger partial charge in [-0.2, -0.15) is 0 Å². The average molecular weight is 306 g/mol. The molecule has 0 aromatic heterocycles. The normalized spacial score (nSPS) is 11.8. The number of aryl methyl sites for hydroxylation is 1. The predicted octanol–water partition coefficient (Wildman–Crippen LogP) is 5.22. The van der Waals surface area contributed by atoms with E-state index in [0.29, 0.717) is 6.61 Å². The molecular weight excluding hydrogens is 272 g/mol. The maximum Gasteiger partial charge on any atom is 0.0876 e. The molecule has 1 rings (SSSR count). The van der Waals surface area contributed by atoms with E-state index < -0.39 is 0 Å². The van der Waals surface area contributed by atoms with Crippen LogP contribution in [-0.2, 0) is 16.8 Å². The van der Waals surface area contributed by atoms with Crippen molar-refractivity contribution in [1.82, 2.24) is 0 Å². The molecule has 0 atom stereocenters. The lowest BCUT2D eigenvalue weighted by Crippen LogP contribution is -2.23. The van der Waals surface area contributed by atoms with Gasteiger partial charge in [0.1, 0.15) is 0 Å². The van der Waals surface area contributed by atoms with Gasteiger partial charge in [-0.05, 0) is 37.8 Å². The Bertz CT molecular complexity index is 381. The maximum absolute atomic E-state index is 8.88. The molecule has 1 aromatic carbocycles. The van der Waals surface area contributed by atoms with Crippen LogP contribution in [0.2, 0.25) is 0 Å². The fraction of sp³-hybridized carbons (Fsp3) is 0.700. The molecule has 0 aliphatic carbocycles. The molecule has 126 valence electrons. The van der Waals surface area contributed by atoms with Gasteiger partial charge in [0.25, 0.3) is 0 Å². The Kier molecular flexibility index (Phi) is 9.42. The molecule has 0 aliphatic rings. The topological polar surface area (TPSA) is 29.5 Å². The largest absolute Gasteiger partial charge is 0.394 e. The van der Waals surface area contributed by atoms with Crippen molar-refractivity contribution >= 4 is 0 Å². The second-order valence-corrected chi connectivity index (χ2v) is 6.65. The zero-order valence-corrected chi connectivity index (χ0v) is 14.7. The quantitative estimate of drug-likeness (QED) is 0.536. The highest BCUT2D eigenvalue weighted by molar-refractivity contribution is 5.26. The number of unbranched alkanes of at least 4 members (excludes halogenated alkanes) is 6. The van der Waals surface area contributed by atoms with Crippen LogP contribution in [0.25, 0.3) is 0 Å². The minimum absolute atomic E-state index is 0.0692. The van der Waals surface area contributed by atoms with Crippen molar-refractivity contribution in [2.24, 2.45) is 0 Å². The molecule has 2 nitrogen and oxygen atoms in total. The van der Waals surface area contributed by atoms with Gasteiger partial charge in [0.15, 0.2) is 0 Å². The fourth-order valence-corrected chi connectivity index (χ4v) is 2.74. The zero-order chi connectivity index (χ0) is 16.3. The molecule has 0 unspecified atom stereocenters. The minimum Gasteiger partial charge on any atom is -0.394 e. The molecule has 0 amide bonds. The number of hydrogen-bond donors (Lipinski definition) is 1. The van der Waals surface area contributed by atoms with E-state index in [1.165, 1.54) is 62.5 Å². The highest BCUT2D eigenvalue weighted by atomic mass is 16.5. The number of aliphatic hydroxyl groups excluding tert-OH is 1. The second-order valence-electron chi connectivity index (χ2n) is 6.65. The molecule has 0 heterocycles. The SMILES string of the molecule is CCCCCCCCCc1ccc(C(C)(C)OCCO)cc1. The smallest absolute Gasteiger partial charge is 0.0876 e. The Morgan fingerprint density at radius 2 is 1.50 bits per heavy atom. The molecule has 0 spiro atoms. The summed E-state index contributed by atoms with van der Waals surface area (Å²) >= 11 is 0. The summed E-state index contributed by atoms with van der Waals surface area (Å²) in [5, 5.41) is 8.88. The molecule has 0 bridgehead atoms. The third-order valence-electron chi connectivity index (χ3n) is 4.27. The van der Waals surface area contributed by atoms with Crippen LogP contribution in [0.3, 0.4) is 0 Å². The summed E-state index contributed by atoms with van der Waals surface area (Å²) < 4.78 is 5.70. The van der Waals surface area contributed by atoms with Crippen molar-refractivity contribution in [1.29, 1.82) is 0 Å². The van der Waals surface area contributed by atoms with Crippen LogP contribution >= 0.6 is 0 Å². The Hall–Kier alpha value is -0.860. The van der Waals surface area contributed by atoms with Crippen LogP contribution in [0.4, 0.5) is 0 Å². The van der Waals surface area contributed by atoms with Gasteiger partial charge in [0.05, 0.1) is 18.8 Å². The number of rotatable bonds is 12. The summed E-state index contributed by atoms with van der Waals surface area (Å²) in [6.45, 7) is 6.81. The summed E-state index contributed by atoms with van der Waals surface area (Å²) in [4.78, 5) is 0. The first-order valence-electron chi connectivity index (χ1n) is 8.94. The highest BCUT2D eigenvalue weighted by Crippen LogP contribution is 2.25. The Labute approximate surface area is 136 Å². The first kappa shape index (κ1) is 19.2. The maximum atomic E-state index is 8.88. The van der Waals surface area contributed by atoms with Gasteiger partial charge in [0.2, 0.25) is 0 Å². The number of aliphatic hydroxyl groups is 1. The van der Waals surface area contributed by atoms with Crippen LogP contribution in [0, 0.1) is 0 Å². The summed E-state index contributed by atoms with van der Waals surface area (Å²) in [5.41, 5.74) is 2.25. The van der Waals surface area contributed by atoms with Gasteiger partial charge < -0.3 is 9.84 Å². The van der Waals surface area contributed by atoms with E-state index in [2.05, 4.69) is 31.2 Å². The van der Waals surface area contributed by atoms with Crippen molar-refractivity contribution in [3.05, 3.63) is 35.4 Å². The molecule has 2 heteroatoms. The van der Waals surface area contributed by atoms with E-state index in [1.807, 2.05) is 13.8 Å². The molecule has 0 saturated carbocycles. The van der Waals surface area contributed by atoms with E-state index in [4.69, 9.17) is 9.84 Å². The van der Waals surface area contributed by atoms with Gasteiger partial charge >= 0.3 is 0 Å². The van der Waals surface area contributed by atoms with Crippen LogP contribution in [0.15, 0.2) is 24.3 Å². The number of benzene rings is 1. The van der Waals surface area contributed by atoms with Crippen LogP contribution < -0.4 is 0 Å². The third kappa shape index (κ3) is 7.42. The fourth-order valence-electron chi connectivity index (χ4n) is 2.74. The standard InChI is InChI=1S/C20H34O2/c1-4-5-6-7-8-9-10-11-18-12-14-19(15-13-18)20(2,3)22-17-16-21/h12-15,21H,4-11,16-17H2,1-3H3. The van der Waals surface area contributed by atoms with Crippen molar-refractivity contribution in [3.8, 4) is 0 Å². The monoisotopic (exact) mass is 306 g/mol. The van der Waals surface area contributed by atoms with Crippen molar-refractivity contribution in [2.45, 2.75) is 77.7 Å². The zero-order valence-electron chi connectivity index (χ0n) is 14.7. The molecule has 0 aliphatic heterocycles. The lowest BCUT2D eigenvalue weighted by Gasteiger charge is -2.25. The average Bonchev–Trinajstić information content (AvgIpc) is 2.52. The second kappa shape index (κ2) is 10.8.